The van der Waals surface area contributed by atoms with Crippen molar-refractivity contribution in [3.05, 3.63) is 35.0 Å². The standard InChI is InChI=1S/C16H22N4O2S2/c1-12-11-23-16(17-12)15-6-4-5-14(18-15)9-13-7-8-20(10-13)24(21,22)19(2)3/h4-6,11,13H,7-10H2,1-3H3. The van der Waals surface area contributed by atoms with E-state index in [2.05, 4.69) is 4.98 Å². The van der Waals surface area contributed by atoms with Gasteiger partial charge in [-0.05, 0) is 37.8 Å². The number of nitrogens with zero attached hydrogens (tertiary/aromatic N) is 4. The molecule has 8 heteroatoms. The first kappa shape index (κ1) is 17.5. The van der Waals surface area contributed by atoms with E-state index in [1.54, 1.807) is 29.7 Å². The number of hydrogen-bond donors (Lipinski definition) is 0. The fourth-order valence-corrected chi connectivity index (χ4v) is 4.85. The molecule has 0 aromatic carbocycles. The fraction of sp³-hybridized carbons (Fsp3) is 0.500. The third-order valence-corrected chi connectivity index (χ3v) is 7.07. The van der Waals surface area contributed by atoms with E-state index in [-0.39, 0.29) is 0 Å². The Morgan fingerprint density at radius 1 is 1.33 bits per heavy atom. The van der Waals surface area contributed by atoms with Gasteiger partial charge in [-0.3, -0.25) is 4.98 Å². The van der Waals surface area contributed by atoms with E-state index in [0.29, 0.717) is 19.0 Å². The lowest BCUT2D eigenvalue weighted by molar-refractivity contribution is 0.409. The van der Waals surface area contributed by atoms with Crippen molar-refractivity contribution in [2.24, 2.45) is 5.92 Å². The van der Waals surface area contributed by atoms with Gasteiger partial charge in [-0.1, -0.05) is 6.07 Å². The van der Waals surface area contributed by atoms with Crippen LogP contribution in [0.4, 0.5) is 0 Å². The van der Waals surface area contributed by atoms with Crippen LogP contribution in [0.1, 0.15) is 17.8 Å². The third kappa shape index (κ3) is 3.66. The van der Waals surface area contributed by atoms with E-state index in [9.17, 15) is 8.42 Å². The Bertz CT molecular complexity index is 817. The highest BCUT2D eigenvalue weighted by Gasteiger charge is 2.32. The molecule has 1 aliphatic heterocycles. The molecule has 0 bridgehead atoms. The normalized spacial score (nSPS) is 19.2. The predicted octanol–water partition coefficient (Wildman–Crippen LogP) is 2.18. The van der Waals surface area contributed by atoms with Crippen molar-refractivity contribution in [2.75, 3.05) is 27.2 Å². The molecule has 6 nitrogen and oxygen atoms in total. The van der Waals surface area contributed by atoms with E-state index in [4.69, 9.17) is 4.98 Å². The van der Waals surface area contributed by atoms with Crippen LogP contribution in [0.3, 0.4) is 0 Å². The van der Waals surface area contributed by atoms with Crippen LogP contribution in [0.15, 0.2) is 23.6 Å². The molecule has 2 aromatic rings. The summed E-state index contributed by atoms with van der Waals surface area (Å²) in [5.74, 6) is 0.306. The number of pyridine rings is 1. The maximum absolute atomic E-state index is 12.2. The highest BCUT2D eigenvalue weighted by atomic mass is 32.2. The van der Waals surface area contributed by atoms with E-state index >= 15 is 0 Å². The Kier molecular flexibility index (Phi) is 5.00. The first-order chi connectivity index (χ1) is 11.4. The fourth-order valence-electron chi connectivity index (χ4n) is 2.88. The Morgan fingerprint density at radius 2 is 2.12 bits per heavy atom. The van der Waals surface area contributed by atoms with Crippen molar-refractivity contribution in [3.8, 4) is 10.7 Å². The van der Waals surface area contributed by atoms with Crippen molar-refractivity contribution in [3.63, 3.8) is 0 Å². The molecule has 1 atom stereocenters. The van der Waals surface area contributed by atoms with Crippen LogP contribution in [0.5, 0.6) is 0 Å². The molecule has 3 rings (SSSR count). The van der Waals surface area contributed by atoms with Gasteiger partial charge in [0.25, 0.3) is 10.2 Å². The molecule has 24 heavy (non-hydrogen) atoms. The van der Waals surface area contributed by atoms with E-state index in [1.807, 2.05) is 30.5 Å². The zero-order chi connectivity index (χ0) is 17.3. The van der Waals surface area contributed by atoms with Crippen molar-refractivity contribution >= 4 is 21.5 Å². The Labute approximate surface area is 147 Å². The molecule has 0 N–H and O–H groups in total. The van der Waals surface area contributed by atoms with Crippen molar-refractivity contribution in [2.45, 2.75) is 19.8 Å². The minimum Gasteiger partial charge on any atom is -0.250 e. The van der Waals surface area contributed by atoms with Gasteiger partial charge in [-0.25, -0.2) is 4.98 Å². The molecule has 0 spiro atoms. The number of rotatable bonds is 5. The zero-order valence-corrected chi connectivity index (χ0v) is 15.8. The monoisotopic (exact) mass is 366 g/mol. The molecule has 1 fully saturated rings. The number of thiazole rings is 1. The molecule has 0 saturated carbocycles. The molecule has 3 heterocycles. The largest absolute Gasteiger partial charge is 0.281 e. The highest BCUT2D eigenvalue weighted by Crippen LogP contribution is 2.25. The second-order valence-corrected chi connectivity index (χ2v) is 9.32. The first-order valence-electron chi connectivity index (χ1n) is 7.92. The summed E-state index contributed by atoms with van der Waals surface area (Å²) in [6.07, 6.45) is 1.66. The van der Waals surface area contributed by atoms with Gasteiger partial charge in [0, 0.05) is 44.0 Å². The van der Waals surface area contributed by atoms with Crippen molar-refractivity contribution < 1.29 is 8.42 Å². The van der Waals surface area contributed by atoms with Gasteiger partial charge in [0.05, 0.1) is 5.69 Å². The van der Waals surface area contributed by atoms with Gasteiger partial charge < -0.3 is 0 Å². The van der Waals surface area contributed by atoms with Crippen LogP contribution in [0.2, 0.25) is 0 Å². The number of aryl methyl sites for hydroxylation is 1. The molecule has 1 saturated heterocycles. The summed E-state index contributed by atoms with van der Waals surface area (Å²) in [7, 11) is -0.166. The van der Waals surface area contributed by atoms with Crippen molar-refractivity contribution in [1.82, 2.24) is 18.6 Å². The average Bonchev–Trinajstić information content (AvgIpc) is 3.17. The molecule has 2 aromatic heterocycles. The predicted molar refractivity (Wildman–Crippen MR) is 96.1 cm³/mol. The maximum Gasteiger partial charge on any atom is 0.281 e. The first-order valence-corrected chi connectivity index (χ1v) is 10.2. The average molecular weight is 367 g/mol. The van der Waals surface area contributed by atoms with Gasteiger partial charge >= 0.3 is 0 Å². The maximum atomic E-state index is 12.2. The lowest BCUT2D eigenvalue weighted by Crippen LogP contribution is -2.38. The van der Waals surface area contributed by atoms with E-state index < -0.39 is 10.2 Å². The zero-order valence-electron chi connectivity index (χ0n) is 14.1. The number of hydrogen-bond acceptors (Lipinski definition) is 5. The highest BCUT2D eigenvalue weighted by molar-refractivity contribution is 7.86. The summed E-state index contributed by atoms with van der Waals surface area (Å²) >= 11 is 1.59. The van der Waals surface area contributed by atoms with Crippen LogP contribution in [-0.2, 0) is 16.6 Å². The van der Waals surface area contributed by atoms with Crippen LogP contribution in [-0.4, -0.2) is 54.2 Å². The summed E-state index contributed by atoms with van der Waals surface area (Å²) in [6, 6.07) is 5.98. The third-order valence-electron chi connectivity index (χ3n) is 4.18. The van der Waals surface area contributed by atoms with E-state index in [1.165, 1.54) is 4.31 Å². The molecule has 1 aliphatic rings. The lowest BCUT2D eigenvalue weighted by atomic mass is 10.0. The molecular weight excluding hydrogens is 344 g/mol. The molecule has 0 aliphatic carbocycles. The van der Waals surface area contributed by atoms with E-state index in [0.717, 1.165) is 34.9 Å². The Morgan fingerprint density at radius 3 is 2.79 bits per heavy atom. The Hall–Kier alpha value is -1.35. The number of aromatic nitrogens is 2. The summed E-state index contributed by atoms with van der Waals surface area (Å²) in [5.41, 5.74) is 2.89. The summed E-state index contributed by atoms with van der Waals surface area (Å²) in [4.78, 5) is 9.19. The SMILES string of the molecule is Cc1csc(-c2cccc(CC3CCN(S(=O)(=O)N(C)C)C3)n2)n1. The minimum atomic E-state index is -3.31. The van der Waals surface area contributed by atoms with Crippen LogP contribution < -0.4 is 0 Å². The van der Waals surface area contributed by atoms with Gasteiger partial charge in [0.15, 0.2) is 0 Å². The molecule has 0 amide bonds. The molecule has 0 radical (unpaired) electrons. The van der Waals surface area contributed by atoms with Crippen LogP contribution in [0, 0.1) is 12.8 Å². The smallest absolute Gasteiger partial charge is 0.250 e. The van der Waals surface area contributed by atoms with Crippen LogP contribution >= 0.6 is 11.3 Å². The van der Waals surface area contributed by atoms with Gasteiger partial charge in [0.1, 0.15) is 5.01 Å². The lowest BCUT2D eigenvalue weighted by Gasteiger charge is -2.20. The van der Waals surface area contributed by atoms with Gasteiger partial charge in [0.2, 0.25) is 0 Å². The van der Waals surface area contributed by atoms with Crippen molar-refractivity contribution in [1.29, 1.82) is 0 Å². The van der Waals surface area contributed by atoms with Gasteiger partial charge in [-0.2, -0.15) is 17.0 Å². The van der Waals surface area contributed by atoms with Crippen LogP contribution in [0.25, 0.3) is 10.7 Å². The van der Waals surface area contributed by atoms with Gasteiger partial charge in [-0.15, -0.1) is 11.3 Å². The summed E-state index contributed by atoms with van der Waals surface area (Å²) < 4.78 is 27.2. The topological polar surface area (TPSA) is 66.4 Å². The minimum absolute atomic E-state index is 0.306. The summed E-state index contributed by atoms with van der Waals surface area (Å²) in [6.45, 7) is 3.11. The second-order valence-electron chi connectivity index (χ2n) is 6.32. The summed E-state index contributed by atoms with van der Waals surface area (Å²) in [5, 5.41) is 2.95. The quantitative estimate of drug-likeness (QED) is 0.813. The Balaban J connectivity index is 1.69. The second kappa shape index (κ2) is 6.87. The molecule has 1 unspecified atom stereocenters. The molecular formula is C16H22N4O2S2. The molecule has 130 valence electrons.